The van der Waals surface area contributed by atoms with Crippen LogP contribution in [0.15, 0.2) is 59.4 Å². The first kappa shape index (κ1) is 15.8. The normalized spacial score (nSPS) is 10.8. The fraction of sp³-hybridized carbons (Fsp3) is 0.0526. The maximum absolute atomic E-state index is 10.9. The number of aromatic nitrogens is 3. The summed E-state index contributed by atoms with van der Waals surface area (Å²) in [5.74, 6) is 1.49. The van der Waals surface area contributed by atoms with E-state index in [9.17, 15) is 4.79 Å². The third-order valence-corrected chi connectivity index (χ3v) is 3.75. The Bertz CT molecular complexity index is 1070. The summed E-state index contributed by atoms with van der Waals surface area (Å²) in [4.78, 5) is 23.5. The summed E-state index contributed by atoms with van der Waals surface area (Å²) in [6, 6.07) is 10.4. The second-order valence-electron chi connectivity index (χ2n) is 5.65. The van der Waals surface area contributed by atoms with Crippen molar-refractivity contribution in [3.8, 4) is 17.2 Å². The van der Waals surface area contributed by atoms with Crippen molar-refractivity contribution in [2.75, 3.05) is 5.73 Å². The summed E-state index contributed by atoms with van der Waals surface area (Å²) in [6.45, 7) is 0.321. The van der Waals surface area contributed by atoms with Crippen molar-refractivity contribution in [3.05, 3.63) is 66.1 Å². The quantitative estimate of drug-likeness (QED) is 0.553. The van der Waals surface area contributed by atoms with Crippen LogP contribution in [0.2, 0.25) is 0 Å². The van der Waals surface area contributed by atoms with E-state index < -0.39 is 0 Å². The molecule has 128 valence electrons. The average Bonchev–Trinajstić information content (AvgIpc) is 3.11. The maximum atomic E-state index is 10.9. The van der Waals surface area contributed by atoms with Gasteiger partial charge in [0.25, 0.3) is 0 Å². The molecule has 7 heteroatoms. The highest BCUT2D eigenvalue weighted by atomic mass is 16.5. The molecule has 0 bridgehead atoms. The number of hydrogen-bond acceptors (Lipinski definition) is 7. The summed E-state index contributed by atoms with van der Waals surface area (Å²) in [5.41, 5.74) is 8.93. The van der Waals surface area contributed by atoms with Crippen LogP contribution < -0.4 is 10.5 Å². The molecule has 7 nitrogen and oxygen atoms in total. The molecule has 3 heterocycles. The minimum atomic E-state index is 0.321. The van der Waals surface area contributed by atoms with Crippen LogP contribution in [0.5, 0.6) is 5.75 Å². The first-order valence-corrected chi connectivity index (χ1v) is 7.86. The highest BCUT2D eigenvalue weighted by molar-refractivity contribution is 5.84. The van der Waals surface area contributed by atoms with Gasteiger partial charge in [0.2, 0.25) is 5.89 Å². The number of oxazole rings is 1. The van der Waals surface area contributed by atoms with E-state index >= 15 is 0 Å². The Morgan fingerprint density at radius 2 is 2.04 bits per heavy atom. The Morgan fingerprint density at radius 1 is 1.12 bits per heavy atom. The number of nitrogens with two attached hydrogens (primary N) is 1. The predicted octanol–water partition coefficient (Wildman–Crippen LogP) is 3.26. The Labute approximate surface area is 148 Å². The molecule has 4 aromatic rings. The number of rotatable bonds is 5. The summed E-state index contributed by atoms with van der Waals surface area (Å²) in [6.07, 6.45) is 5.72. The zero-order chi connectivity index (χ0) is 17.9. The molecule has 3 aromatic heterocycles. The lowest BCUT2D eigenvalue weighted by molar-refractivity contribution is 0.112. The number of carbonyl (C=O) groups excluding carboxylic acids is 1. The number of pyridine rings is 2. The number of hydrogen-bond donors (Lipinski definition) is 1. The van der Waals surface area contributed by atoms with Crippen molar-refractivity contribution < 1.29 is 13.9 Å². The standard InChI is InChI=1S/C19H14N4O3/c20-18-4-2-15(9-22-18)25-11-13-5-14(8-21-7-13)19-23-16-6-12(10-24)1-3-17(16)26-19/h1-10H,11H2,(H2,20,22). The number of nitrogens with zero attached hydrogens (tertiary/aromatic N) is 3. The smallest absolute Gasteiger partial charge is 0.228 e. The Balaban J connectivity index is 1.57. The molecule has 0 amide bonds. The van der Waals surface area contributed by atoms with Gasteiger partial charge in [-0.15, -0.1) is 0 Å². The summed E-state index contributed by atoms with van der Waals surface area (Å²) in [7, 11) is 0. The third kappa shape index (κ3) is 3.23. The molecule has 2 N–H and O–H groups in total. The number of anilines is 1. The van der Waals surface area contributed by atoms with Crippen LogP contribution in [0.1, 0.15) is 15.9 Å². The Kier molecular flexibility index (Phi) is 4.03. The van der Waals surface area contributed by atoms with E-state index in [0.29, 0.717) is 40.7 Å². The molecule has 0 fully saturated rings. The zero-order valence-corrected chi connectivity index (χ0v) is 13.6. The van der Waals surface area contributed by atoms with Gasteiger partial charge in [-0.25, -0.2) is 9.97 Å². The van der Waals surface area contributed by atoms with Gasteiger partial charge in [0.15, 0.2) is 5.58 Å². The lowest BCUT2D eigenvalue weighted by Gasteiger charge is -2.06. The summed E-state index contributed by atoms with van der Waals surface area (Å²) < 4.78 is 11.4. The van der Waals surface area contributed by atoms with Gasteiger partial charge in [0.1, 0.15) is 30.0 Å². The van der Waals surface area contributed by atoms with Gasteiger partial charge in [-0.2, -0.15) is 0 Å². The minimum absolute atomic E-state index is 0.321. The Hall–Kier alpha value is -3.74. The highest BCUT2D eigenvalue weighted by Crippen LogP contribution is 2.25. The van der Waals surface area contributed by atoms with Crippen molar-refractivity contribution in [3.63, 3.8) is 0 Å². The predicted molar refractivity (Wildman–Crippen MR) is 95.6 cm³/mol. The van der Waals surface area contributed by atoms with Crippen molar-refractivity contribution >= 4 is 23.2 Å². The van der Waals surface area contributed by atoms with Crippen LogP contribution in [0.4, 0.5) is 5.82 Å². The van der Waals surface area contributed by atoms with Crippen molar-refractivity contribution in [1.29, 1.82) is 0 Å². The van der Waals surface area contributed by atoms with Crippen LogP contribution >= 0.6 is 0 Å². The lowest BCUT2D eigenvalue weighted by atomic mass is 10.2. The van der Waals surface area contributed by atoms with Crippen molar-refractivity contribution in [2.24, 2.45) is 0 Å². The number of carbonyl (C=O) groups is 1. The number of nitrogen functional groups attached to an aromatic ring is 1. The molecule has 0 atom stereocenters. The fourth-order valence-electron chi connectivity index (χ4n) is 2.47. The van der Waals surface area contributed by atoms with E-state index in [2.05, 4.69) is 15.0 Å². The van der Waals surface area contributed by atoms with Crippen molar-refractivity contribution in [2.45, 2.75) is 6.61 Å². The molecule has 0 saturated carbocycles. The molecule has 0 aliphatic heterocycles. The molecular formula is C19H14N4O3. The van der Waals surface area contributed by atoms with E-state index in [0.717, 1.165) is 17.4 Å². The van der Waals surface area contributed by atoms with Crippen molar-refractivity contribution in [1.82, 2.24) is 15.0 Å². The molecule has 0 unspecified atom stereocenters. The van der Waals surface area contributed by atoms with Crippen LogP contribution in [-0.4, -0.2) is 21.2 Å². The zero-order valence-electron chi connectivity index (χ0n) is 13.6. The SMILES string of the molecule is Nc1ccc(OCc2cncc(-c3nc4cc(C=O)ccc4o3)c2)cn1. The molecule has 0 aliphatic rings. The fourth-order valence-corrected chi connectivity index (χ4v) is 2.47. The molecule has 4 rings (SSSR count). The van der Waals surface area contributed by atoms with Crippen LogP contribution in [0, 0.1) is 0 Å². The van der Waals surface area contributed by atoms with E-state index in [1.165, 1.54) is 0 Å². The molecule has 0 saturated heterocycles. The second-order valence-corrected chi connectivity index (χ2v) is 5.65. The maximum Gasteiger partial charge on any atom is 0.228 e. The molecular weight excluding hydrogens is 332 g/mol. The van der Waals surface area contributed by atoms with Gasteiger partial charge in [-0.1, -0.05) is 0 Å². The molecule has 26 heavy (non-hydrogen) atoms. The molecule has 0 spiro atoms. The topological polar surface area (TPSA) is 104 Å². The third-order valence-electron chi connectivity index (χ3n) is 3.75. The lowest BCUT2D eigenvalue weighted by Crippen LogP contribution is -1.98. The average molecular weight is 346 g/mol. The summed E-state index contributed by atoms with van der Waals surface area (Å²) in [5, 5.41) is 0. The van der Waals surface area contributed by atoms with E-state index in [1.807, 2.05) is 6.07 Å². The largest absolute Gasteiger partial charge is 0.487 e. The first-order chi connectivity index (χ1) is 12.7. The number of aldehydes is 1. The number of fused-ring (bicyclic) bond motifs is 1. The van der Waals surface area contributed by atoms with Crippen LogP contribution in [-0.2, 0) is 6.61 Å². The summed E-state index contributed by atoms with van der Waals surface area (Å²) >= 11 is 0. The van der Waals surface area contributed by atoms with Gasteiger partial charge < -0.3 is 14.9 Å². The minimum Gasteiger partial charge on any atom is -0.487 e. The second kappa shape index (κ2) is 6.64. The van der Waals surface area contributed by atoms with E-state index in [1.54, 1.807) is 48.9 Å². The van der Waals surface area contributed by atoms with Crippen LogP contribution in [0.3, 0.4) is 0 Å². The van der Waals surface area contributed by atoms with Gasteiger partial charge in [0, 0.05) is 23.5 Å². The van der Waals surface area contributed by atoms with Gasteiger partial charge >= 0.3 is 0 Å². The number of ether oxygens (including phenoxy) is 1. The van der Waals surface area contributed by atoms with Crippen LogP contribution in [0.25, 0.3) is 22.6 Å². The van der Waals surface area contributed by atoms with Gasteiger partial charge in [-0.3, -0.25) is 9.78 Å². The monoisotopic (exact) mass is 346 g/mol. The molecule has 1 aromatic carbocycles. The highest BCUT2D eigenvalue weighted by Gasteiger charge is 2.10. The van der Waals surface area contributed by atoms with E-state index in [4.69, 9.17) is 14.9 Å². The molecule has 0 radical (unpaired) electrons. The Morgan fingerprint density at radius 3 is 2.85 bits per heavy atom. The van der Waals surface area contributed by atoms with Gasteiger partial charge in [-0.05, 0) is 36.4 Å². The first-order valence-electron chi connectivity index (χ1n) is 7.86. The van der Waals surface area contributed by atoms with E-state index in [-0.39, 0.29) is 0 Å². The molecule has 0 aliphatic carbocycles. The number of benzene rings is 1. The van der Waals surface area contributed by atoms with Gasteiger partial charge in [0.05, 0.1) is 11.8 Å².